The molecule has 1 aromatic heterocycles. The zero-order valence-electron chi connectivity index (χ0n) is 12.2. The van der Waals surface area contributed by atoms with Gasteiger partial charge in [-0.2, -0.15) is 0 Å². The van der Waals surface area contributed by atoms with E-state index in [-0.39, 0.29) is 0 Å². The van der Waals surface area contributed by atoms with Crippen molar-refractivity contribution >= 4 is 27.4 Å². The van der Waals surface area contributed by atoms with Crippen LogP contribution in [-0.4, -0.2) is 29.1 Å². The van der Waals surface area contributed by atoms with Crippen LogP contribution in [-0.2, 0) is 6.54 Å². The van der Waals surface area contributed by atoms with Gasteiger partial charge in [0.15, 0.2) is 0 Å². The lowest BCUT2D eigenvalue weighted by atomic mass is 10.1. The number of carboxylic acids is 1. The maximum absolute atomic E-state index is 11.5. The van der Waals surface area contributed by atoms with E-state index in [0.29, 0.717) is 17.5 Å². The summed E-state index contributed by atoms with van der Waals surface area (Å²) in [6.45, 7) is 5.04. The Bertz CT molecular complexity index is 602. The number of hydrogen-bond donors (Lipinski definition) is 1. The van der Waals surface area contributed by atoms with Gasteiger partial charge in [-0.15, -0.1) is 11.3 Å². The molecule has 0 amide bonds. The topological polar surface area (TPSA) is 40.5 Å². The average molecular weight is 291 g/mol. The van der Waals surface area contributed by atoms with E-state index < -0.39 is 5.97 Å². The van der Waals surface area contributed by atoms with Gasteiger partial charge >= 0.3 is 5.97 Å². The van der Waals surface area contributed by atoms with Crippen molar-refractivity contribution in [2.45, 2.75) is 39.3 Å². The average Bonchev–Trinajstić information content (AvgIpc) is 2.79. The number of thiophene rings is 1. The summed E-state index contributed by atoms with van der Waals surface area (Å²) < 4.78 is 1.05. The summed E-state index contributed by atoms with van der Waals surface area (Å²) in [5.41, 5.74) is 0.951. The third-order valence-electron chi connectivity index (χ3n) is 3.87. The van der Waals surface area contributed by atoms with Gasteiger partial charge in [0.25, 0.3) is 0 Å². The lowest BCUT2D eigenvalue weighted by Gasteiger charge is -2.26. The standard InChI is InChI=1S/C16H21NO2S/c1-4-11(5-2)17(3)10-13-12-8-6-7-9-14(12)20-15(13)16(18)19/h6-9,11H,4-5,10H2,1-3H3,(H,18,19). The van der Waals surface area contributed by atoms with Crippen molar-refractivity contribution in [3.63, 3.8) is 0 Å². The van der Waals surface area contributed by atoms with E-state index in [1.54, 1.807) is 0 Å². The number of carbonyl (C=O) groups is 1. The Kier molecular flexibility index (Phi) is 4.78. The number of aromatic carboxylic acids is 1. The minimum atomic E-state index is -0.820. The fourth-order valence-corrected chi connectivity index (χ4v) is 3.77. The van der Waals surface area contributed by atoms with Crippen molar-refractivity contribution in [1.82, 2.24) is 4.90 Å². The van der Waals surface area contributed by atoms with Crippen LogP contribution < -0.4 is 0 Å². The van der Waals surface area contributed by atoms with Crippen LogP contribution in [0.5, 0.6) is 0 Å². The van der Waals surface area contributed by atoms with Crippen molar-refractivity contribution in [1.29, 1.82) is 0 Å². The molecule has 0 fully saturated rings. The van der Waals surface area contributed by atoms with E-state index in [0.717, 1.165) is 28.5 Å². The molecule has 0 aliphatic rings. The van der Waals surface area contributed by atoms with Crippen molar-refractivity contribution in [3.8, 4) is 0 Å². The molecule has 0 atom stereocenters. The molecule has 0 unspecified atom stereocenters. The Morgan fingerprint density at radius 1 is 1.30 bits per heavy atom. The number of nitrogens with zero attached hydrogens (tertiary/aromatic N) is 1. The fraction of sp³-hybridized carbons (Fsp3) is 0.438. The molecule has 0 aliphatic heterocycles. The molecule has 1 heterocycles. The predicted molar refractivity (Wildman–Crippen MR) is 84.6 cm³/mol. The van der Waals surface area contributed by atoms with Crippen LogP contribution in [0.25, 0.3) is 10.1 Å². The van der Waals surface area contributed by atoms with Gasteiger partial charge in [-0.25, -0.2) is 4.79 Å². The molecular weight excluding hydrogens is 270 g/mol. The molecule has 1 aromatic carbocycles. The second-order valence-corrected chi connectivity index (χ2v) is 6.15. The molecule has 0 saturated carbocycles. The minimum Gasteiger partial charge on any atom is -0.477 e. The highest BCUT2D eigenvalue weighted by Gasteiger charge is 2.20. The van der Waals surface area contributed by atoms with Gasteiger partial charge in [-0.05, 0) is 36.9 Å². The molecular formula is C16H21NO2S. The van der Waals surface area contributed by atoms with Crippen molar-refractivity contribution in [2.24, 2.45) is 0 Å². The largest absolute Gasteiger partial charge is 0.477 e. The van der Waals surface area contributed by atoms with Gasteiger partial charge in [0.05, 0.1) is 0 Å². The predicted octanol–water partition coefficient (Wildman–Crippen LogP) is 4.22. The van der Waals surface area contributed by atoms with Gasteiger partial charge in [-0.1, -0.05) is 32.0 Å². The molecule has 108 valence electrons. The first-order valence-corrected chi connectivity index (χ1v) is 7.84. The number of benzene rings is 1. The van der Waals surface area contributed by atoms with Crippen LogP contribution in [0.15, 0.2) is 24.3 Å². The smallest absolute Gasteiger partial charge is 0.346 e. The van der Waals surface area contributed by atoms with Gasteiger partial charge in [0, 0.05) is 17.3 Å². The Balaban J connectivity index is 2.41. The van der Waals surface area contributed by atoms with Gasteiger partial charge in [0.2, 0.25) is 0 Å². The highest BCUT2D eigenvalue weighted by molar-refractivity contribution is 7.21. The van der Waals surface area contributed by atoms with Crippen LogP contribution in [0.1, 0.15) is 41.9 Å². The summed E-state index contributed by atoms with van der Waals surface area (Å²) in [6.07, 6.45) is 2.16. The molecule has 20 heavy (non-hydrogen) atoms. The monoisotopic (exact) mass is 291 g/mol. The first kappa shape index (κ1) is 15.0. The van der Waals surface area contributed by atoms with Crippen molar-refractivity contribution in [3.05, 3.63) is 34.7 Å². The summed E-state index contributed by atoms with van der Waals surface area (Å²) in [4.78, 5) is 14.2. The van der Waals surface area contributed by atoms with Crippen molar-refractivity contribution < 1.29 is 9.90 Å². The molecule has 3 nitrogen and oxygen atoms in total. The number of carboxylic acid groups (broad SMARTS) is 1. The molecule has 0 radical (unpaired) electrons. The van der Waals surface area contributed by atoms with Gasteiger partial charge in [-0.3, -0.25) is 4.90 Å². The molecule has 1 N–H and O–H groups in total. The van der Waals surface area contributed by atoms with E-state index in [2.05, 4.69) is 25.8 Å². The van der Waals surface area contributed by atoms with Gasteiger partial charge in [0.1, 0.15) is 4.88 Å². The molecule has 2 aromatic rings. The maximum Gasteiger partial charge on any atom is 0.346 e. The van der Waals surface area contributed by atoms with E-state index in [1.165, 1.54) is 11.3 Å². The Labute approximate surface area is 123 Å². The normalized spacial score (nSPS) is 11.7. The number of fused-ring (bicyclic) bond motifs is 1. The Morgan fingerprint density at radius 3 is 2.55 bits per heavy atom. The molecule has 4 heteroatoms. The summed E-state index contributed by atoms with van der Waals surface area (Å²) >= 11 is 1.37. The van der Waals surface area contributed by atoms with E-state index in [9.17, 15) is 9.90 Å². The Morgan fingerprint density at radius 2 is 1.95 bits per heavy atom. The molecule has 0 aliphatic carbocycles. The quantitative estimate of drug-likeness (QED) is 0.866. The molecule has 2 rings (SSSR count). The van der Waals surface area contributed by atoms with Crippen LogP contribution in [0.2, 0.25) is 0 Å². The van der Waals surface area contributed by atoms with Crippen LogP contribution in [0.3, 0.4) is 0 Å². The minimum absolute atomic E-state index is 0.476. The molecule has 0 saturated heterocycles. The zero-order chi connectivity index (χ0) is 14.7. The van der Waals surface area contributed by atoms with Crippen LogP contribution in [0.4, 0.5) is 0 Å². The maximum atomic E-state index is 11.5. The van der Waals surface area contributed by atoms with E-state index in [4.69, 9.17) is 0 Å². The third-order valence-corrected chi connectivity index (χ3v) is 5.07. The van der Waals surface area contributed by atoms with Crippen LogP contribution in [0, 0.1) is 0 Å². The molecule has 0 bridgehead atoms. The fourth-order valence-electron chi connectivity index (χ4n) is 2.72. The highest BCUT2D eigenvalue weighted by atomic mass is 32.1. The highest BCUT2D eigenvalue weighted by Crippen LogP contribution is 2.32. The first-order valence-electron chi connectivity index (χ1n) is 7.02. The lowest BCUT2D eigenvalue weighted by molar-refractivity contribution is 0.0700. The van der Waals surface area contributed by atoms with Gasteiger partial charge < -0.3 is 5.11 Å². The summed E-state index contributed by atoms with van der Waals surface area (Å²) in [5, 5.41) is 10.5. The summed E-state index contributed by atoms with van der Waals surface area (Å²) in [5.74, 6) is -0.820. The second kappa shape index (κ2) is 6.37. The second-order valence-electron chi connectivity index (χ2n) is 5.10. The zero-order valence-corrected chi connectivity index (χ0v) is 13.0. The SMILES string of the molecule is CCC(CC)N(C)Cc1c(C(=O)O)sc2ccccc12. The van der Waals surface area contributed by atoms with E-state index >= 15 is 0 Å². The summed E-state index contributed by atoms with van der Waals surface area (Å²) in [6, 6.07) is 8.44. The summed E-state index contributed by atoms with van der Waals surface area (Å²) in [7, 11) is 2.08. The Hall–Kier alpha value is -1.39. The third kappa shape index (κ3) is 2.86. The van der Waals surface area contributed by atoms with Crippen LogP contribution >= 0.6 is 11.3 Å². The first-order chi connectivity index (χ1) is 9.58. The molecule has 0 spiro atoms. The number of rotatable bonds is 6. The van der Waals surface area contributed by atoms with E-state index in [1.807, 2.05) is 24.3 Å². The van der Waals surface area contributed by atoms with Crippen molar-refractivity contribution in [2.75, 3.05) is 7.05 Å². The number of hydrogen-bond acceptors (Lipinski definition) is 3. The lowest BCUT2D eigenvalue weighted by Crippen LogP contribution is -2.30.